The zero-order valence-electron chi connectivity index (χ0n) is 16.6. The third-order valence-electron chi connectivity index (χ3n) is 5.50. The second-order valence-corrected chi connectivity index (χ2v) is 7.80. The molecule has 1 heterocycles. The van der Waals surface area contributed by atoms with Gasteiger partial charge in [0.05, 0.1) is 12.1 Å². The first-order chi connectivity index (χ1) is 12.2. The van der Waals surface area contributed by atoms with Gasteiger partial charge in [0.25, 0.3) is 0 Å². The van der Waals surface area contributed by atoms with Crippen LogP contribution in [-0.4, -0.2) is 41.6 Å². The molecule has 0 aromatic heterocycles. The Balaban J connectivity index is 1.85. The Hall–Kier alpha value is -2.06. The second kappa shape index (κ2) is 8.55. The van der Waals surface area contributed by atoms with Gasteiger partial charge in [0.15, 0.2) is 0 Å². The third-order valence-corrected chi connectivity index (χ3v) is 5.50. The largest absolute Gasteiger partial charge is 0.490 e. The van der Waals surface area contributed by atoms with Crippen molar-refractivity contribution in [2.45, 2.75) is 65.1 Å². The number of benzene rings is 1. The molecule has 26 heavy (non-hydrogen) atoms. The molecule has 1 aromatic rings. The minimum absolute atomic E-state index is 0.0531. The Kier molecular flexibility index (Phi) is 6.66. The Morgan fingerprint density at radius 1 is 1.27 bits per heavy atom. The predicted octanol–water partition coefficient (Wildman–Crippen LogP) is 3.28. The summed E-state index contributed by atoms with van der Waals surface area (Å²) in [7, 11) is 0. The molecule has 1 fully saturated rings. The average Bonchev–Trinajstić information content (AvgIpc) is 2.63. The van der Waals surface area contributed by atoms with Crippen LogP contribution in [0.15, 0.2) is 24.3 Å². The number of nitriles is 1. The van der Waals surface area contributed by atoms with E-state index in [-0.39, 0.29) is 24.0 Å². The minimum Gasteiger partial charge on any atom is -0.490 e. The number of piperidine rings is 1. The van der Waals surface area contributed by atoms with Crippen molar-refractivity contribution in [3.8, 4) is 11.8 Å². The summed E-state index contributed by atoms with van der Waals surface area (Å²) in [5, 5.41) is 12.3. The summed E-state index contributed by atoms with van der Waals surface area (Å²) in [4.78, 5) is 14.8. The van der Waals surface area contributed by atoms with E-state index < -0.39 is 5.54 Å². The monoisotopic (exact) mass is 357 g/mol. The van der Waals surface area contributed by atoms with Gasteiger partial charge in [0, 0.05) is 13.1 Å². The van der Waals surface area contributed by atoms with Gasteiger partial charge in [-0.1, -0.05) is 31.5 Å². The number of likely N-dealkylation sites (tertiary alicyclic amines) is 1. The van der Waals surface area contributed by atoms with Crippen molar-refractivity contribution >= 4 is 5.91 Å². The van der Waals surface area contributed by atoms with Crippen molar-refractivity contribution in [2.75, 3.05) is 13.1 Å². The highest BCUT2D eigenvalue weighted by molar-refractivity contribution is 5.82. The molecule has 2 unspecified atom stereocenters. The van der Waals surface area contributed by atoms with Crippen LogP contribution < -0.4 is 10.1 Å². The molecule has 1 N–H and O–H groups in total. The highest BCUT2D eigenvalue weighted by Gasteiger charge is 2.34. The van der Waals surface area contributed by atoms with E-state index in [0.29, 0.717) is 0 Å². The molecule has 0 saturated carbocycles. The molecular weight excluding hydrogens is 326 g/mol. The average molecular weight is 357 g/mol. The zero-order chi connectivity index (χ0) is 19.3. The summed E-state index contributed by atoms with van der Waals surface area (Å²) in [6.45, 7) is 11.3. The molecule has 142 valence electrons. The Labute approximate surface area is 157 Å². The lowest BCUT2D eigenvalue weighted by molar-refractivity contribution is -0.128. The van der Waals surface area contributed by atoms with Crippen LogP contribution in [0.3, 0.4) is 0 Å². The van der Waals surface area contributed by atoms with Gasteiger partial charge in [-0.2, -0.15) is 5.26 Å². The zero-order valence-corrected chi connectivity index (χ0v) is 16.6. The smallest absolute Gasteiger partial charge is 0.238 e. The molecule has 1 aromatic carbocycles. The standard InChI is InChI=1S/C21H31N3O2/c1-15(2)21(5,14-22)23-20(25)17(4)24-12-10-19(11-13-24)26-18-8-6-16(3)7-9-18/h6-9,15,17,19H,10-13H2,1-5H3,(H,23,25). The Morgan fingerprint density at radius 3 is 2.35 bits per heavy atom. The fourth-order valence-electron chi connectivity index (χ4n) is 3.02. The highest BCUT2D eigenvalue weighted by atomic mass is 16.5. The second-order valence-electron chi connectivity index (χ2n) is 7.80. The lowest BCUT2D eigenvalue weighted by atomic mass is 9.89. The molecule has 0 bridgehead atoms. The van der Waals surface area contributed by atoms with Crippen molar-refractivity contribution in [2.24, 2.45) is 5.92 Å². The normalized spacial score (nSPS) is 19.4. The van der Waals surface area contributed by atoms with E-state index in [1.54, 1.807) is 6.92 Å². The molecule has 0 aliphatic carbocycles. The Bertz CT molecular complexity index is 642. The van der Waals surface area contributed by atoms with E-state index in [1.165, 1.54) is 5.56 Å². The third kappa shape index (κ3) is 4.98. The summed E-state index contributed by atoms with van der Waals surface area (Å²) in [6, 6.07) is 10.1. The highest BCUT2D eigenvalue weighted by Crippen LogP contribution is 2.21. The number of amides is 1. The molecule has 0 radical (unpaired) electrons. The quantitative estimate of drug-likeness (QED) is 0.848. The number of nitrogens with zero attached hydrogens (tertiary/aromatic N) is 2. The summed E-state index contributed by atoms with van der Waals surface area (Å²) >= 11 is 0. The number of carbonyl (C=O) groups is 1. The predicted molar refractivity (Wildman–Crippen MR) is 103 cm³/mol. The summed E-state index contributed by atoms with van der Waals surface area (Å²) < 4.78 is 6.06. The first-order valence-electron chi connectivity index (χ1n) is 9.46. The van der Waals surface area contributed by atoms with E-state index in [9.17, 15) is 10.1 Å². The van der Waals surface area contributed by atoms with E-state index in [1.807, 2.05) is 32.9 Å². The molecule has 0 spiro atoms. The van der Waals surface area contributed by atoms with E-state index in [4.69, 9.17) is 4.74 Å². The number of hydrogen-bond acceptors (Lipinski definition) is 4. The van der Waals surface area contributed by atoms with Gasteiger partial charge in [-0.05, 0) is 51.7 Å². The van der Waals surface area contributed by atoms with Crippen LogP contribution in [-0.2, 0) is 4.79 Å². The number of ether oxygens (including phenoxy) is 1. The fraction of sp³-hybridized carbons (Fsp3) is 0.619. The fourth-order valence-corrected chi connectivity index (χ4v) is 3.02. The van der Waals surface area contributed by atoms with Crippen LogP contribution in [0.25, 0.3) is 0 Å². The maximum Gasteiger partial charge on any atom is 0.238 e. The maximum atomic E-state index is 12.6. The molecule has 2 atom stereocenters. The van der Waals surface area contributed by atoms with Crippen molar-refractivity contribution in [3.63, 3.8) is 0 Å². The summed E-state index contributed by atoms with van der Waals surface area (Å²) in [5.41, 5.74) is 0.385. The lowest BCUT2D eigenvalue weighted by Crippen LogP contribution is -2.56. The van der Waals surface area contributed by atoms with Gasteiger partial charge in [-0.15, -0.1) is 0 Å². The molecule has 2 rings (SSSR count). The van der Waals surface area contributed by atoms with Crippen LogP contribution in [0, 0.1) is 24.2 Å². The van der Waals surface area contributed by atoms with Gasteiger partial charge in [-0.3, -0.25) is 9.69 Å². The van der Waals surface area contributed by atoms with Crippen molar-refractivity contribution in [1.82, 2.24) is 10.2 Å². The first-order valence-corrected chi connectivity index (χ1v) is 9.46. The number of rotatable bonds is 6. The van der Waals surface area contributed by atoms with Crippen LogP contribution in [0.1, 0.15) is 46.1 Å². The lowest BCUT2D eigenvalue weighted by Gasteiger charge is -2.37. The van der Waals surface area contributed by atoms with E-state index >= 15 is 0 Å². The molecule has 1 saturated heterocycles. The minimum atomic E-state index is -0.835. The number of carbonyl (C=O) groups excluding carboxylic acids is 1. The molecular formula is C21H31N3O2. The molecule has 1 aliphatic heterocycles. The Morgan fingerprint density at radius 2 is 1.85 bits per heavy atom. The molecule has 5 heteroatoms. The van der Waals surface area contributed by atoms with Crippen molar-refractivity contribution in [3.05, 3.63) is 29.8 Å². The van der Waals surface area contributed by atoms with Gasteiger partial charge < -0.3 is 10.1 Å². The van der Waals surface area contributed by atoms with Crippen LogP contribution in [0.5, 0.6) is 5.75 Å². The number of aryl methyl sites for hydroxylation is 1. The van der Waals surface area contributed by atoms with Crippen LogP contribution >= 0.6 is 0 Å². The SMILES string of the molecule is Cc1ccc(OC2CCN(C(C)C(=O)NC(C)(C#N)C(C)C)CC2)cc1. The first kappa shape index (κ1) is 20.3. The van der Waals surface area contributed by atoms with E-state index in [0.717, 1.165) is 31.7 Å². The summed E-state index contributed by atoms with van der Waals surface area (Å²) in [5.74, 6) is 0.875. The van der Waals surface area contributed by atoms with E-state index in [2.05, 4.69) is 35.3 Å². The molecule has 1 amide bonds. The van der Waals surface area contributed by atoms with Gasteiger partial charge in [-0.25, -0.2) is 0 Å². The molecule has 1 aliphatic rings. The maximum absolute atomic E-state index is 12.6. The number of hydrogen-bond donors (Lipinski definition) is 1. The topological polar surface area (TPSA) is 65.4 Å². The van der Waals surface area contributed by atoms with Crippen LogP contribution in [0.4, 0.5) is 0 Å². The van der Waals surface area contributed by atoms with Gasteiger partial charge >= 0.3 is 0 Å². The summed E-state index contributed by atoms with van der Waals surface area (Å²) in [6.07, 6.45) is 1.97. The molecule has 5 nitrogen and oxygen atoms in total. The van der Waals surface area contributed by atoms with Gasteiger partial charge in [0.1, 0.15) is 17.4 Å². The number of nitrogens with one attached hydrogen (secondary N) is 1. The van der Waals surface area contributed by atoms with Crippen molar-refractivity contribution < 1.29 is 9.53 Å². The van der Waals surface area contributed by atoms with Crippen molar-refractivity contribution in [1.29, 1.82) is 5.26 Å². The van der Waals surface area contributed by atoms with Gasteiger partial charge in [0.2, 0.25) is 5.91 Å². The van der Waals surface area contributed by atoms with Crippen LogP contribution in [0.2, 0.25) is 0 Å².